The highest BCUT2D eigenvalue weighted by Gasteiger charge is 1.92. The topological polar surface area (TPSA) is 58.0 Å². The second kappa shape index (κ2) is 5.52. The van der Waals surface area contributed by atoms with Crippen molar-refractivity contribution in [2.24, 2.45) is 5.11 Å². The molecule has 0 saturated heterocycles. The molecule has 4 nitrogen and oxygen atoms in total. The van der Waals surface area contributed by atoms with Crippen molar-refractivity contribution in [1.82, 2.24) is 0 Å². The number of rotatable bonds is 4. The molecule has 0 fully saturated rings. The number of hydrogen-bond donors (Lipinski definition) is 0. The fourth-order valence-corrected chi connectivity index (χ4v) is 0.951. The molecule has 0 aliphatic heterocycles. The summed E-state index contributed by atoms with van der Waals surface area (Å²) in [6.45, 7) is 0.00495. The van der Waals surface area contributed by atoms with Crippen LogP contribution in [-0.4, -0.2) is 6.73 Å². The first kappa shape index (κ1) is 9.97. The van der Waals surface area contributed by atoms with Gasteiger partial charge in [0.15, 0.2) is 6.73 Å². The van der Waals surface area contributed by atoms with E-state index in [1.54, 1.807) is 12.1 Å². The molecule has 0 atom stereocenters. The zero-order chi connectivity index (χ0) is 10.2. The monoisotopic (exact) mass is 187 g/mol. The zero-order valence-electron chi connectivity index (χ0n) is 7.55. The summed E-state index contributed by atoms with van der Waals surface area (Å²) in [4.78, 5) is 2.57. The fraction of sp³-hybridized carbons (Fsp3) is 0.200. The number of ether oxygens (including phenoxy) is 1. The first-order valence-electron chi connectivity index (χ1n) is 4.03. The number of azide groups is 1. The van der Waals surface area contributed by atoms with Crippen LogP contribution < -0.4 is 4.74 Å². The van der Waals surface area contributed by atoms with Crippen molar-refractivity contribution >= 4 is 0 Å². The molecule has 1 aromatic rings. The van der Waals surface area contributed by atoms with Gasteiger partial charge in [-0.25, -0.2) is 0 Å². The number of benzene rings is 1. The Morgan fingerprint density at radius 2 is 2.14 bits per heavy atom. The van der Waals surface area contributed by atoms with E-state index in [1.165, 1.54) is 0 Å². The third-order valence-corrected chi connectivity index (χ3v) is 1.58. The smallest absolute Gasteiger partial charge is 0.167 e. The van der Waals surface area contributed by atoms with Crippen molar-refractivity contribution in [3.05, 3.63) is 40.3 Å². The summed E-state index contributed by atoms with van der Waals surface area (Å²) in [5, 5.41) is 3.25. The Hall–Kier alpha value is -2.11. The molecule has 1 rings (SSSR count). The van der Waals surface area contributed by atoms with Gasteiger partial charge in [0.2, 0.25) is 0 Å². The van der Waals surface area contributed by atoms with Crippen LogP contribution in [0.4, 0.5) is 0 Å². The predicted octanol–water partition coefficient (Wildman–Crippen LogP) is 2.51. The number of nitrogens with zero attached hydrogens (tertiary/aromatic N) is 3. The molecule has 0 aliphatic carbocycles. The summed E-state index contributed by atoms with van der Waals surface area (Å²) in [5.74, 6) is 3.21. The molecular weight excluding hydrogens is 178 g/mol. The minimum absolute atomic E-state index is 0.00495. The van der Waals surface area contributed by atoms with Gasteiger partial charge in [0.1, 0.15) is 5.75 Å². The lowest BCUT2D eigenvalue weighted by Gasteiger charge is -2.02. The maximum Gasteiger partial charge on any atom is 0.167 e. The van der Waals surface area contributed by atoms with E-state index in [0.29, 0.717) is 12.2 Å². The summed E-state index contributed by atoms with van der Waals surface area (Å²) in [6.07, 6.45) is 5.77. The maximum absolute atomic E-state index is 8.01. The van der Waals surface area contributed by atoms with E-state index in [9.17, 15) is 0 Å². The van der Waals surface area contributed by atoms with E-state index < -0.39 is 0 Å². The van der Waals surface area contributed by atoms with Gasteiger partial charge in [-0.05, 0) is 23.2 Å². The Labute approximate surface area is 82.1 Å². The molecule has 4 heteroatoms. The molecular formula is C10H9N3O. The van der Waals surface area contributed by atoms with Crippen molar-refractivity contribution in [3.63, 3.8) is 0 Å². The quantitative estimate of drug-likeness (QED) is 0.309. The Morgan fingerprint density at radius 3 is 2.71 bits per heavy atom. The highest BCUT2D eigenvalue weighted by molar-refractivity contribution is 5.29. The summed E-state index contributed by atoms with van der Waals surface area (Å²) in [6, 6.07) is 7.34. The second-order valence-corrected chi connectivity index (χ2v) is 2.53. The standard InChI is InChI=1S/C10H9N3O/c1-2-3-9-4-6-10(7-5-9)14-8-12-13-11/h1,4-7H,3,8H2. The van der Waals surface area contributed by atoms with Gasteiger partial charge in [0.05, 0.1) is 0 Å². The van der Waals surface area contributed by atoms with Crippen LogP contribution >= 0.6 is 0 Å². The molecule has 0 aliphatic rings. The van der Waals surface area contributed by atoms with Gasteiger partial charge >= 0.3 is 0 Å². The van der Waals surface area contributed by atoms with E-state index >= 15 is 0 Å². The number of terminal acetylenes is 1. The average Bonchev–Trinajstić information content (AvgIpc) is 2.21. The maximum atomic E-state index is 8.01. The van der Waals surface area contributed by atoms with E-state index in [4.69, 9.17) is 16.7 Å². The van der Waals surface area contributed by atoms with Gasteiger partial charge in [-0.2, -0.15) is 0 Å². The predicted molar refractivity (Wildman–Crippen MR) is 53.6 cm³/mol. The molecule has 0 aromatic heterocycles. The van der Waals surface area contributed by atoms with Crippen LogP contribution in [0, 0.1) is 12.3 Å². The fourth-order valence-electron chi connectivity index (χ4n) is 0.951. The molecule has 0 amide bonds. The zero-order valence-corrected chi connectivity index (χ0v) is 7.55. The van der Waals surface area contributed by atoms with Crippen molar-refractivity contribution < 1.29 is 4.74 Å². The van der Waals surface area contributed by atoms with Crippen LogP contribution in [0.2, 0.25) is 0 Å². The second-order valence-electron chi connectivity index (χ2n) is 2.53. The summed E-state index contributed by atoms with van der Waals surface area (Å²) >= 11 is 0. The summed E-state index contributed by atoms with van der Waals surface area (Å²) in [5.41, 5.74) is 9.07. The van der Waals surface area contributed by atoms with Gasteiger partial charge in [-0.1, -0.05) is 17.2 Å². The highest BCUT2D eigenvalue weighted by atomic mass is 16.5. The van der Waals surface area contributed by atoms with Crippen molar-refractivity contribution in [2.75, 3.05) is 6.73 Å². The summed E-state index contributed by atoms with van der Waals surface area (Å²) in [7, 11) is 0. The molecule has 0 heterocycles. The van der Waals surface area contributed by atoms with Gasteiger partial charge in [-0.15, -0.1) is 12.3 Å². The van der Waals surface area contributed by atoms with E-state index in [1.807, 2.05) is 12.1 Å². The molecule has 1 aromatic carbocycles. The van der Waals surface area contributed by atoms with E-state index in [2.05, 4.69) is 15.9 Å². The minimum Gasteiger partial charge on any atom is -0.488 e. The molecule has 70 valence electrons. The van der Waals surface area contributed by atoms with Gasteiger partial charge < -0.3 is 4.74 Å². The van der Waals surface area contributed by atoms with Crippen LogP contribution in [-0.2, 0) is 6.42 Å². The molecule has 0 saturated carbocycles. The third-order valence-electron chi connectivity index (χ3n) is 1.58. The van der Waals surface area contributed by atoms with Crippen molar-refractivity contribution in [1.29, 1.82) is 0 Å². The van der Waals surface area contributed by atoms with Crippen molar-refractivity contribution in [2.45, 2.75) is 6.42 Å². The van der Waals surface area contributed by atoms with Gasteiger partial charge in [0, 0.05) is 11.3 Å². The molecule has 0 unspecified atom stereocenters. The molecule has 0 N–H and O–H groups in total. The molecule has 0 radical (unpaired) electrons. The lowest BCUT2D eigenvalue weighted by molar-refractivity contribution is 0.329. The van der Waals surface area contributed by atoms with Gasteiger partial charge in [0.25, 0.3) is 0 Å². The van der Waals surface area contributed by atoms with Crippen LogP contribution in [0.25, 0.3) is 10.4 Å². The highest BCUT2D eigenvalue weighted by Crippen LogP contribution is 2.12. The van der Waals surface area contributed by atoms with Crippen LogP contribution in [0.3, 0.4) is 0 Å². The normalized spacial score (nSPS) is 8.50. The largest absolute Gasteiger partial charge is 0.488 e. The molecule has 0 bridgehead atoms. The van der Waals surface area contributed by atoms with Crippen molar-refractivity contribution in [3.8, 4) is 18.1 Å². The minimum atomic E-state index is 0.00495. The molecule has 0 spiro atoms. The Bertz CT molecular complexity index is 371. The van der Waals surface area contributed by atoms with Crippen LogP contribution in [0.15, 0.2) is 29.4 Å². The Balaban J connectivity index is 2.55. The first-order valence-corrected chi connectivity index (χ1v) is 4.03. The first-order chi connectivity index (χ1) is 6.86. The van der Waals surface area contributed by atoms with E-state index in [0.717, 1.165) is 5.56 Å². The third kappa shape index (κ3) is 3.10. The SMILES string of the molecule is C#CCc1ccc(OCN=[N+]=[N-])cc1. The summed E-state index contributed by atoms with van der Waals surface area (Å²) < 4.78 is 5.11. The van der Waals surface area contributed by atoms with Crippen LogP contribution in [0.1, 0.15) is 5.56 Å². The number of hydrogen-bond acceptors (Lipinski definition) is 2. The lowest BCUT2D eigenvalue weighted by atomic mass is 10.1. The molecule has 14 heavy (non-hydrogen) atoms. The van der Waals surface area contributed by atoms with Crippen LogP contribution in [0.5, 0.6) is 5.75 Å². The average molecular weight is 187 g/mol. The lowest BCUT2D eigenvalue weighted by Crippen LogP contribution is -1.92. The van der Waals surface area contributed by atoms with E-state index in [-0.39, 0.29) is 6.73 Å². The Kier molecular flexibility index (Phi) is 3.93. The van der Waals surface area contributed by atoms with Gasteiger partial charge in [-0.3, -0.25) is 0 Å². The Morgan fingerprint density at radius 1 is 1.43 bits per heavy atom.